The fourth-order valence-corrected chi connectivity index (χ4v) is 2.87. The molecule has 7 nitrogen and oxygen atoms in total. The van der Waals surface area contributed by atoms with Crippen molar-refractivity contribution in [3.05, 3.63) is 17.5 Å². The molecule has 0 radical (unpaired) electrons. The Labute approximate surface area is 129 Å². The molecule has 2 heterocycles. The molecule has 1 N–H and O–H groups in total. The van der Waals surface area contributed by atoms with Crippen LogP contribution >= 0.6 is 11.8 Å². The summed E-state index contributed by atoms with van der Waals surface area (Å²) >= 11 is 1.64. The minimum absolute atomic E-state index is 0.654. The largest absolute Gasteiger partial charge is 0.315 e. The summed E-state index contributed by atoms with van der Waals surface area (Å²) in [4.78, 5) is 0. The molecule has 2 rings (SSSR count). The Hall–Kier alpha value is -1.41. The quantitative estimate of drug-likeness (QED) is 0.584. The van der Waals surface area contributed by atoms with Crippen LogP contribution in [-0.4, -0.2) is 43.1 Å². The zero-order chi connectivity index (χ0) is 15.2. The van der Waals surface area contributed by atoms with Gasteiger partial charge in [0, 0.05) is 25.0 Å². The molecule has 0 fully saturated rings. The summed E-state index contributed by atoms with van der Waals surface area (Å²) in [6.07, 6.45) is 0. The summed E-state index contributed by atoms with van der Waals surface area (Å²) in [5.41, 5.74) is 2.20. The van der Waals surface area contributed by atoms with Gasteiger partial charge in [-0.3, -0.25) is 4.68 Å². The molecule has 8 heteroatoms. The lowest BCUT2D eigenvalue weighted by Crippen LogP contribution is -2.24. The highest BCUT2D eigenvalue weighted by molar-refractivity contribution is 7.98. The molecule has 116 valence electrons. The number of tetrazole rings is 1. The number of aromatic nitrogens is 6. The van der Waals surface area contributed by atoms with Crippen LogP contribution in [0.5, 0.6) is 0 Å². The maximum atomic E-state index is 4.35. The number of nitrogens with zero attached hydrogens (tertiary/aromatic N) is 6. The van der Waals surface area contributed by atoms with Gasteiger partial charge in [-0.1, -0.05) is 25.6 Å². The van der Waals surface area contributed by atoms with E-state index in [1.54, 1.807) is 11.8 Å². The van der Waals surface area contributed by atoms with Gasteiger partial charge in [0.15, 0.2) is 0 Å². The van der Waals surface area contributed by atoms with E-state index in [2.05, 4.69) is 45.9 Å². The second-order valence-corrected chi connectivity index (χ2v) is 6.41. The van der Waals surface area contributed by atoms with Crippen LogP contribution in [0.25, 0.3) is 0 Å². The highest BCUT2D eigenvalue weighted by Crippen LogP contribution is 2.19. The Morgan fingerprint density at radius 3 is 2.86 bits per heavy atom. The predicted molar refractivity (Wildman–Crippen MR) is 83.0 cm³/mol. The summed E-state index contributed by atoms with van der Waals surface area (Å²) in [6, 6.07) is 2.09. The lowest BCUT2D eigenvalue weighted by molar-refractivity contribution is 0.482. The van der Waals surface area contributed by atoms with Gasteiger partial charge in [-0.05, 0) is 35.9 Å². The van der Waals surface area contributed by atoms with Crippen molar-refractivity contribution in [3.8, 4) is 0 Å². The van der Waals surface area contributed by atoms with E-state index >= 15 is 0 Å². The maximum Gasteiger partial charge on any atom is 0.209 e. The van der Waals surface area contributed by atoms with E-state index in [9.17, 15) is 0 Å². The Balaban J connectivity index is 1.84. The Kier molecular flexibility index (Phi) is 5.75. The minimum atomic E-state index is 0.654. The molecular formula is C13H23N7S. The topological polar surface area (TPSA) is 73.5 Å². The van der Waals surface area contributed by atoms with Crippen LogP contribution in [0, 0.1) is 12.8 Å². The number of hydrogen-bond acceptors (Lipinski definition) is 6. The minimum Gasteiger partial charge on any atom is -0.315 e. The van der Waals surface area contributed by atoms with Crippen LogP contribution in [-0.2, 0) is 19.3 Å². The van der Waals surface area contributed by atoms with Gasteiger partial charge in [-0.25, -0.2) is 4.68 Å². The number of nitrogens with one attached hydrogen (secondary N) is 1. The number of aryl methyl sites for hydroxylation is 2. The second-order valence-electron chi connectivity index (χ2n) is 5.47. The van der Waals surface area contributed by atoms with Gasteiger partial charge < -0.3 is 5.32 Å². The van der Waals surface area contributed by atoms with Gasteiger partial charge in [-0.15, -0.1) is 5.10 Å². The number of hydrogen-bond donors (Lipinski definition) is 1. The van der Waals surface area contributed by atoms with E-state index < -0.39 is 0 Å². The zero-order valence-electron chi connectivity index (χ0n) is 13.1. The first-order valence-electron chi connectivity index (χ1n) is 7.15. The van der Waals surface area contributed by atoms with Gasteiger partial charge in [0.25, 0.3) is 0 Å². The van der Waals surface area contributed by atoms with Gasteiger partial charge in [-0.2, -0.15) is 5.10 Å². The summed E-state index contributed by atoms with van der Waals surface area (Å²) in [6.45, 7) is 9.06. The van der Waals surface area contributed by atoms with E-state index in [0.717, 1.165) is 36.2 Å². The van der Waals surface area contributed by atoms with Gasteiger partial charge in [0.2, 0.25) is 5.16 Å². The molecule has 21 heavy (non-hydrogen) atoms. The third kappa shape index (κ3) is 4.82. The molecule has 0 unspecified atom stereocenters. The third-order valence-corrected chi connectivity index (χ3v) is 3.99. The van der Waals surface area contributed by atoms with Crippen molar-refractivity contribution in [1.29, 1.82) is 0 Å². The second kappa shape index (κ2) is 7.56. The molecular weight excluding hydrogens is 286 g/mol. The SMILES string of the molecule is Cc1cc(CSc2nnnn2CCNCC(C)C)n(C)n1. The highest BCUT2D eigenvalue weighted by Gasteiger charge is 2.09. The van der Waals surface area contributed by atoms with E-state index in [0.29, 0.717) is 5.92 Å². The van der Waals surface area contributed by atoms with Crippen LogP contribution in [0.1, 0.15) is 25.2 Å². The average Bonchev–Trinajstić information content (AvgIpc) is 2.98. The van der Waals surface area contributed by atoms with Crippen LogP contribution in [0.3, 0.4) is 0 Å². The van der Waals surface area contributed by atoms with Crippen molar-refractivity contribution in [2.45, 2.75) is 38.2 Å². The van der Waals surface area contributed by atoms with Crippen LogP contribution in [0.4, 0.5) is 0 Å². The van der Waals surface area contributed by atoms with E-state index in [1.807, 2.05) is 23.3 Å². The van der Waals surface area contributed by atoms with Gasteiger partial charge in [0.1, 0.15) is 0 Å². The predicted octanol–water partition coefficient (Wildman–Crippen LogP) is 1.25. The van der Waals surface area contributed by atoms with Crippen molar-refractivity contribution in [2.75, 3.05) is 13.1 Å². The molecule has 0 aromatic carbocycles. The molecule has 0 saturated heterocycles. The molecule has 0 bridgehead atoms. The fraction of sp³-hybridized carbons (Fsp3) is 0.692. The smallest absolute Gasteiger partial charge is 0.209 e. The standard InChI is InChI=1S/C13H23N7S/c1-10(2)8-14-5-6-20-13(15-17-18-20)21-9-12-7-11(3)16-19(12)4/h7,10,14H,5-6,8-9H2,1-4H3. The molecule has 0 amide bonds. The molecule has 2 aromatic rings. The Bertz CT molecular complexity index is 561. The maximum absolute atomic E-state index is 4.35. The van der Waals surface area contributed by atoms with E-state index in [4.69, 9.17) is 0 Å². The lowest BCUT2D eigenvalue weighted by Gasteiger charge is -2.08. The summed E-state index contributed by atoms with van der Waals surface area (Å²) in [5.74, 6) is 1.47. The average molecular weight is 309 g/mol. The first kappa shape index (κ1) is 16.0. The van der Waals surface area contributed by atoms with Gasteiger partial charge in [0.05, 0.1) is 12.2 Å². The van der Waals surface area contributed by atoms with Crippen molar-refractivity contribution in [1.82, 2.24) is 35.3 Å². The van der Waals surface area contributed by atoms with Crippen LogP contribution in [0.2, 0.25) is 0 Å². The fourth-order valence-electron chi connectivity index (χ4n) is 1.95. The molecule has 0 spiro atoms. The van der Waals surface area contributed by atoms with Crippen LogP contribution in [0.15, 0.2) is 11.2 Å². The van der Waals surface area contributed by atoms with Crippen LogP contribution < -0.4 is 5.32 Å². The summed E-state index contributed by atoms with van der Waals surface area (Å²) in [7, 11) is 1.96. The van der Waals surface area contributed by atoms with E-state index in [-0.39, 0.29) is 0 Å². The van der Waals surface area contributed by atoms with Crippen molar-refractivity contribution in [2.24, 2.45) is 13.0 Å². The molecule has 0 atom stereocenters. The van der Waals surface area contributed by atoms with Crippen molar-refractivity contribution < 1.29 is 0 Å². The normalized spacial score (nSPS) is 11.5. The zero-order valence-corrected chi connectivity index (χ0v) is 13.9. The van der Waals surface area contributed by atoms with Crippen molar-refractivity contribution >= 4 is 11.8 Å². The molecule has 0 aliphatic carbocycles. The summed E-state index contributed by atoms with van der Waals surface area (Å²) < 4.78 is 3.75. The Morgan fingerprint density at radius 1 is 1.38 bits per heavy atom. The molecule has 0 aliphatic heterocycles. The monoisotopic (exact) mass is 309 g/mol. The van der Waals surface area contributed by atoms with Crippen molar-refractivity contribution in [3.63, 3.8) is 0 Å². The number of thioether (sulfide) groups is 1. The summed E-state index contributed by atoms with van der Waals surface area (Å²) in [5, 5.41) is 20.5. The molecule has 0 saturated carbocycles. The number of rotatable bonds is 8. The van der Waals surface area contributed by atoms with Gasteiger partial charge >= 0.3 is 0 Å². The van der Waals surface area contributed by atoms with E-state index in [1.165, 1.54) is 5.69 Å². The first-order chi connectivity index (χ1) is 10.1. The Morgan fingerprint density at radius 2 is 2.19 bits per heavy atom. The third-order valence-electron chi connectivity index (χ3n) is 3.00. The lowest BCUT2D eigenvalue weighted by atomic mass is 10.2. The first-order valence-corrected chi connectivity index (χ1v) is 8.14. The molecule has 0 aliphatic rings. The highest BCUT2D eigenvalue weighted by atomic mass is 32.2. The molecule has 2 aromatic heterocycles.